The van der Waals surface area contributed by atoms with E-state index >= 15 is 0 Å². The third-order valence-electron chi connectivity index (χ3n) is 4.92. The number of rotatable bonds is 4. The van der Waals surface area contributed by atoms with E-state index in [1.54, 1.807) is 17.9 Å². The largest absolute Gasteiger partial charge is 0.449 e. The molecule has 0 aromatic heterocycles. The fraction of sp³-hybridized carbons (Fsp3) is 0.500. The normalized spacial score (nSPS) is 18.3. The summed E-state index contributed by atoms with van der Waals surface area (Å²) in [6.45, 7) is 4.25. The average molecular weight is 342 g/mol. The lowest BCUT2D eigenvalue weighted by molar-refractivity contribution is -0.154. The van der Waals surface area contributed by atoms with Gasteiger partial charge in [-0.05, 0) is 61.9 Å². The van der Waals surface area contributed by atoms with Crippen molar-refractivity contribution in [3.05, 3.63) is 35.4 Å². The monoisotopic (exact) mass is 342 g/mol. The average Bonchev–Trinajstić information content (AvgIpc) is 3.14. The van der Waals surface area contributed by atoms with E-state index in [9.17, 15) is 9.59 Å². The van der Waals surface area contributed by atoms with Crippen LogP contribution in [0.1, 0.15) is 37.3 Å². The summed E-state index contributed by atoms with van der Waals surface area (Å²) in [6.07, 6.45) is 6.70. The summed E-state index contributed by atoms with van der Waals surface area (Å²) < 4.78 is 5.25. The van der Waals surface area contributed by atoms with Gasteiger partial charge in [-0.15, -0.1) is 0 Å². The molecule has 2 heterocycles. The Kier molecular flexibility index (Phi) is 5.41. The first-order chi connectivity index (χ1) is 12.0. The van der Waals surface area contributed by atoms with Gasteiger partial charge in [-0.1, -0.05) is 6.07 Å². The van der Waals surface area contributed by atoms with Gasteiger partial charge in [-0.3, -0.25) is 4.79 Å². The third-order valence-corrected chi connectivity index (χ3v) is 4.92. The number of carbonyl (C=O) groups excluding carboxylic acids is 2. The fourth-order valence-corrected chi connectivity index (χ4v) is 3.53. The van der Waals surface area contributed by atoms with Crippen LogP contribution in [0.15, 0.2) is 24.3 Å². The smallest absolute Gasteiger partial charge is 0.331 e. The molecule has 1 saturated heterocycles. The number of esters is 1. The van der Waals surface area contributed by atoms with Crippen LogP contribution in [-0.2, 0) is 20.7 Å². The van der Waals surface area contributed by atoms with Crippen LogP contribution in [0.4, 0.5) is 5.69 Å². The van der Waals surface area contributed by atoms with Crippen molar-refractivity contribution in [2.45, 2.75) is 38.7 Å². The second kappa shape index (κ2) is 7.72. The molecule has 1 unspecified atom stereocenters. The number of amides is 1. The molecular weight excluding hydrogens is 316 g/mol. The first-order valence-corrected chi connectivity index (χ1v) is 9.06. The van der Waals surface area contributed by atoms with E-state index in [0.29, 0.717) is 0 Å². The van der Waals surface area contributed by atoms with Crippen molar-refractivity contribution in [3.8, 4) is 0 Å². The molecule has 0 radical (unpaired) electrons. The van der Waals surface area contributed by atoms with Crippen LogP contribution < -0.4 is 4.90 Å². The molecule has 3 rings (SSSR count). The molecule has 0 saturated carbocycles. The minimum absolute atomic E-state index is 0.101. The Labute approximate surface area is 149 Å². The molecule has 2 aliphatic rings. The van der Waals surface area contributed by atoms with Crippen molar-refractivity contribution in [2.24, 2.45) is 0 Å². The number of likely N-dealkylation sites (tertiary alicyclic amines) is 1. The maximum atomic E-state index is 12.2. The summed E-state index contributed by atoms with van der Waals surface area (Å²) in [5, 5.41) is 0. The highest BCUT2D eigenvalue weighted by Crippen LogP contribution is 2.27. The van der Waals surface area contributed by atoms with Gasteiger partial charge < -0.3 is 14.5 Å². The Bertz CT molecular complexity index is 678. The summed E-state index contributed by atoms with van der Waals surface area (Å²) in [6, 6.07) is 6.22. The second-order valence-electron chi connectivity index (χ2n) is 6.86. The third kappa shape index (κ3) is 4.21. The Morgan fingerprint density at radius 3 is 2.68 bits per heavy atom. The Morgan fingerprint density at radius 1 is 1.16 bits per heavy atom. The van der Waals surface area contributed by atoms with E-state index < -0.39 is 12.1 Å². The van der Waals surface area contributed by atoms with Crippen molar-refractivity contribution >= 4 is 23.6 Å². The Balaban J connectivity index is 1.58. The van der Waals surface area contributed by atoms with Gasteiger partial charge in [0.2, 0.25) is 0 Å². The summed E-state index contributed by atoms with van der Waals surface area (Å²) in [7, 11) is 2.10. The molecular formula is C20H26N2O3. The van der Waals surface area contributed by atoms with Crippen LogP contribution in [0.5, 0.6) is 0 Å². The van der Waals surface area contributed by atoms with E-state index in [1.807, 2.05) is 6.07 Å². The number of aryl methyl sites for hydroxylation is 1. The number of fused-ring (bicyclic) bond motifs is 1. The second-order valence-corrected chi connectivity index (χ2v) is 6.86. The number of carbonyl (C=O) groups is 2. The quantitative estimate of drug-likeness (QED) is 0.623. The van der Waals surface area contributed by atoms with Crippen molar-refractivity contribution < 1.29 is 14.3 Å². The summed E-state index contributed by atoms with van der Waals surface area (Å²) in [4.78, 5) is 28.2. The van der Waals surface area contributed by atoms with Crippen LogP contribution in [0.25, 0.3) is 6.08 Å². The fourth-order valence-electron chi connectivity index (χ4n) is 3.53. The Morgan fingerprint density at radius 2 is 1.92 bits per heavy atom. The van der Waals surface area contributed by atoms with E-state index in [2.05, 4.69) is 24.1 Å². The molecule has 0 spiro atoms. The van der Waals surface area contributed by atoms with E-state index in [4.69, 9.17) is 4.74 Å². The molecule has 5 heteroatoms. The zero-order chi connectivity index (χ0) is 17.8. The van der Waals surface area contributed by atoms with Gasteiger partial charge in [0, 0.05) is 38.4 Å². The minimum Gasteiger partial charge on any atom is -0.449 e. The van der Waals surface area contributed by atoms with Crippen LogP contribution in [0, 0.1) is 0 Å². The van der Waals surface area contributed by atoms with Crippen molar-refractivity contribution in [2.75, 3.05) is 31.6 Å². The van der Waals surface area contributed by atoms with Gasteiger partial charge in [0.1, 0.15) is 0 Å². The SMILES string of the molecule is CC(OC(=O)C=Cc1ccc2c(c1)CCCN2C)C(=O)N1CCCC1. The van der Waals surface area contributed by atoms with E-state index in [0.717, 1.165) is 50.9 Å². The van der Waals surface area contributed by atoms with E-state index in [1.165, 1.54) is 17.3 Å². The molecule has 134 valence electrons. The highest BCUT2D eigenvalue weighted by Gasteiger charge is 2.25. The standard InChI is InChI=1S/C20H26N2O3/c1-15(20(24)22-12-3-4-13-22)25-19(23)10-8-16-7-9-18-17(14-16)6-5-11-21(18)2/h7-10,14-15H,3-6,11-13H2,1-2H3. The lowest BCUT2D eigenvalue weighted by atomic mass is 9.99. The molecule has 1 fully saturated rings. The molecule has 0 aliphatic carbocycles. The lowest BCUT2D eigenvalue weighted by Gasteiger charge is -2.27. The van der Waals surface area contributed by atoms with Gasteiger partial charge in [0.25, 0.3) is 5.91 Å². The summed E-state index contributed by atoms with van der Waals surface area (Å²) >= 11 is 0. The van der Waals surface area contributed by atoms with Crippen LogP contribution in [0.3, 0.4) is 0 Å². The number of hydrogen-bond donors (Lipinski definition) is 0. The molecule has 0 bridgehead atoms. The summed E-state index contributed by atoms with van der Waals surface area (Å²) in [5.41, 5.74) is 3.54. The molecule has 25 heavy (non-hydrogen) atoms. The van der Waals surface area contributed by atoms with Gasteiger partial charge in [0.15, 0.2) is 6.10 Å². The molecule has 1 aromatic carbocycles. The topological polar surface area (TPSA) is 49.9 Å². The van der Waals surface area contributed by atoms with Crippen molar-refractivity contribution in [1.82, 2.24) is 4.90 Å². The van der Waals surface area contributed by atoms with Gasteiger partial charge in [-0.2, -0.15) is 0 Å². The lowest BCUT2D eigenvalue weighted by Crippen LogP contribution is -2.37. The van der Waals surface area contributed by atoms with Crippen LogP contribution in [0.2, 0.25) is 0 Å². The van der Waals surface area contributed by atoms with Crippen molar-refractivity contribution in [1.29, 1.82) is 0 Å². The number of nitrogens with zero attached hydrogens (tertiary/aromatic N) is 2. The summed E-state index contributed by atoms with van der Waals surface area (Å²) in [5.74, 6) is -0.578. The van der Waals surface area contributed by atoms with Gasteiger partial charge in [0.05, 0.1) is 0 Å². The minimum atomic E-state index is -0.729. The zero-order valence-electron chi connectivity index (χ0n) is 15.0. The van der Waals surface area contributed by atoms with Crippen LogP contribution in [-0.4, -0.2) is 49.6 Å². The molecule has 5 nitrogen and oxygen atoms in total. The molecule has 0 N–H and O–H groups in total. The number of ether oxygens (including phenoxy) is 1. The van der Waals surface area contributed by atoms with Gasteiger partial charge >= 0.3 is 5.97 Å². The maximum absolute atomic E-state index is 12.2. The predicted octanol–water partition coefficient (Wildman–Crippen LogP) is 2.64. The number of anilines is 1. The molecule has 1 atom stereocenters. The maximum Gasteiger partial charge on any atom is 0.331 e. The van der Waals surface area contributed by atoms with Crippen molar-refractivity contribution in [3.63, 3.8) is 0 Å². The first kappa shape index (κ1) is 17.5. The molecule has 1 aromatic rings. The molecule has 1 amide bonds. The van der Waals surface area contributed by atoms with E-state index in [-0.39, 0.29) is 5.91 Å². The van der Waals surface area contributed by atoms with Crippen LogP contribution >= 0.6 is 0 Å². The number of benzene rings is 1. The Hall–Kier alpha value is -2.30. The van der Waals surface area contributed by atoms with Gasteiger partial charge in [-0.25, -0.2) is 4.79 Å². The zero-order valence-corrected chi connectivity index (χ0v) is 15.0. The number of hydrogen-bond acceptors (Lipinski definition) is 4. The highest BCUT2D eigenvalue weighted by atomic mass is 16.5. The predicted molar refractivity (Wildman–Crippen MR) is 98.4 cm³/mol. The first-order valence-electron chi connectivity index (χ1n) is 9.06. The highest BCUT2D eigenvalue weighted by molar-refractivity contribution is 5.90. The molecule has 2 aliphatic heterocycles.